The Kier molecular flexibility index (Phi) is 7.22. The number of nitrogens with one attached hydrogen (secondary N) is 1. The molecule has 4 nitrogen and oxygen atoms in total. The Morgan fingerprint density at radius 3 is 2.64 bits per heavy atom. The summed E-state index contributed by atoms with van der Waals surface area (Å²) in [6, 6.07) is 2.43. The number of alkyl halides is 3. The van der Waals surface area contributed by atoms with Crippen LogP contribution in [0.5, 0.6) is 0 Å². The van der Waals surface area contributed by atoms with Gasteiger partial charge >= 0.3 is 6.18 Å². The van der Waals surface area contributed by atoms with E-state index in [9.17, 15) is 22.4 Å². The molecule has 9 heteroatoms. The zero-order chi connectivity index (χ0) is 18.0. The fourth-order valence-electron chi connectivity index (χ4n) is 2.85. The molecule has 1 saturated heterocycles. The van der Waals surface area contributed by atoms with E-state index in [1.165, 1.54) is 0 Å². The Balaban J connectivity index is 0.00000312. The van der Waals surface area contributed by atoms with Crippen molar-refractivity contribution in [2.75, 3.05) is 26.2 Å². The lowest BCUT2D eigenvalue weighted by Gasteiger charge is -2.22. The molecule has 0 aromatic heterocycles. The Bertz CT molecular complexity index is 612. The second-order valence-corrected chi connectivity index (χ2v) is 6.55. The lowest BCUT2D eigenvalue weighted by Crippen LogP contribution is -2.38. The van der Waals surface area contributed by atoms with E-state index in [0.29, 0.717) is 19.2 Å². The molecule has 0 bridgehead atoms. The normalized spacial score (nSPS) is 21.0. The number of nitrogens with zero attached hydrogens (tertiary/aromatic N) is 1. The van der Waals surface area contributed by atoms with Gasteiger partial charge in [0.25, 0.3) is 0 Å². The van der Waals surface area contributed by atoms with Crippen molar-refractivity contribution in [3.05, 3.63) is 35.1 Å². The van der Waals surface area contributed by atoms with Crippen molar-refractivity contribution in [3.63, 3.8) is 0 Å². The Labute approximate surface area is 150 Å². The van der Waals surface area contributed by atoms with Gasteiger partial charge in [-0.25, -0.2) is 4.39 Å². The highest BCUT2D eigenvalue weighted by Crippen LogP contribution is 2.32. The lowest BCUT2D eigenvalue weighted by atomic mass is 9.90. The molecule has 0 aliphatic carbocycles. The number of carbonyl (C=O) groups excluding carboxylic acids is 1. The first-order chi connectivity index (χ1) is 11.1. The molecule has 1 aromatic rings. The first-order valence-corrected chi connectivity index (χ1v) is 7.68. The zero-order valence-electron chi connectivity index (χ0n) is 13.8. The molecule has 142 valence electrons. The number of likely N-dealkylation sites (tertiary alicyclic amines) is 1. The summed E-state index contributed by atoms with van der Waals surface area (Å²) in [6.07, 6.45) is -3.78. The number of halogens is 5. The van der Waals surface area contributed by atoms with Crippen molar-refractivity contribution in [2.24, 2.45) is 11.1 Å². The number of nitrogens with two attached hydrogens (primary N) is 1. The molecule has 1 aromatic carbocycles. The van der Waals surface area contributed by atoms with E-state index in [2.05, 4.69) is 5.32 Å². The number of carbonyl (C=O) groups is 1. The Morgan fingerprint density at radius 1 is 1.40 bits per heavy atom. The molecule has 0 radical (unpaired) electrons. The average Bonchev–Trinajstić information content (AvgIpc) is 2.87. The minimum atomic E-state index is -4.67. The average molecular weight is 384 g/mol. The van der Waals surface area contributed by atoms with E-state index < -0.39 is 17.6 Å². The highest BCUT2D eigenvalue weighted by Gasteiger charge is 2.34. The molecule has 3 N–H and O–H groups in total. The number of rotatable bonds is 5. The molecule has 1 aliphatic heterocycles. The summed E-state index contributed by atoms with van der Waals surface area (Å²) in [7, 11) is 0. The second kappa shape index (κ2) is 8.33. The molecule has 1 atom stereocenters. The van der Waals surface area contributed by atoms with Crippen LogP contribution in [0.15, 0.2) is 18.2 Å². The van der Waals surface area contributed by atoms with Crippen LogP contribution in [0.25, 0.3) is 0 Å². The van der Waals surface area contributed by atoms with Gasteiger partial charge in [0, 0.05) is 13.1 Å². The van der Waals surface area contributed by atoms with Crippen molar-refractivity contribution < 1.29 is 22.4 Å². The maximum absolute atomic E-state index is 13.0. The molecule has 1 fully saturated rings. The van der Waals surface area contributed by atoms with Crippen LogP contribution in [0.1, 0.15) is 24.5 Å². The van der Waals surface area contributed by atoms with Gasteiger partial charge in [-0.1, -0.05) is 13.0 Å². The van der Waals surface area contributed by atoms with Gasteiger partial charge in [0.15, 0.2) is 0 Å². The summed E-state index contributed by atoms with van der Waals surface area (Å²) in [4.78, 5) is 13.9. The van der Waals surface area contributed by atoms with Crippen molar-refractivity contribution in [3.8, 4) is 0 Å². The second-order valence-electron chi connectivity index (χ2n) is 6.55. The maximum Gasteiger partial charge on any atom is 0.416 e. The topological polar surface area (TPSA) is 58.4 Å². The Hall–Kier alpha value is -1.38. The van der Waals surface area contributed by atoms with Gasteiger partial charge in [-0.2, -0.15) is 13.2 Å². The summed E-state index contributed by atoms with van der Waals surface area (Å²) in [5.41, 5.74) is 4.44. The fraction of sp³-hybridized carbons (Fsp3) is 0.562. The third-order valence-electron chi connectivity index (χ3n) is 4.35. The van der Waals surface area contributed by atoms with Crippen LogP contribution in [0, 0.1) is 11.2 Å². The third-order valence-corrected chi connectivity index (χ3v) is 4.35. The van der Waals surface area contributed by atoms with Crippen LogP contribution in [-0.2, 0) is 17.5 Å². The SMILES string of the molecule is CC1(CN)CCN(CC(=O)NCc2ccc(F)cc2C(F)(F)F)C1.Cl. The first kappa shape index (κ1) is 21.7. The highest BCUT2D eigenvalue weighted by molar-refractivity contribution is 5.85. The van der Waals surface area contributed by atoms with Crippen molar-refractivity contribution >= 4 is 18.3 Å². The highest BCUT2D eigenvalue weighted by atomic mass is 35.5. The first-order valence-electron chi connectivity index (χ1n) is 7.68. The van der Waals surface area contributed by atoms with Gasteiger partial charge in [0.1, 0.15) is 5.82 Å². The smallest absolute Gasteiger partial charge is 0.351 e. The summed E-state index contributed by atoms with van der Waals surface area (Å²) >= 11 is 0. The lowest BCUT2D eigenvalue weighted by molar-refractivity contribution is -0.138. The van der Waals surface area contributed by atoms with Gasteiger partial charge < -0.3 is 11.1 Å². The van der Waals surface area contributed by atoms with Crippen LogP contribution in [-0.4, -0.2) is 37.0 Å². The van der Waals surface area contributed by atoms with Crippen LogP contribution >= 0.6 is 12.4 Å². The predicted molar refractivity (Wildman–Crippen MR) is 88.7 cm³/mol. The molecule has 2 rings (SSSR count). The molecule has 0 spiro atoms. The van der Waals surface area contributed by atoms with Gasteiger partial charge in [-0.3, -0.25) is 9.69 Å². The molecular weight excluding hydrogens is 362 g/mol. The van der Waals surface area contributed by atoms with E-state index in [1.807, 2.05) is 11.8 Å². The van der Waals surface area contributed by atoms with E-state index >= 15 is 0 Å². The number of benzene rings is 1. The largest absolute Gasteiger partial charge is 0.416 e. The molecule has 25 heavy (non-hydrogen) atoms. The summed E-state index contributed by atoms with van der Waals surface area (Å²) in [5.74, 6) is -1.33. The number of hydrogen-bond acceptors (Lipinski definition) is 3. The van der Waals surface area contributed by atoms with Crippen molar-refractivity contribution in [1.82, 2.24) is 10.2 Å². The van der Waals surface area contributed by atoms with E-state index in [4.69, 9.17) is 5.73 Å². The van der Waals surface area contributed by atoms with Gasteiger partial charge in [-0.15, -0.1) is 12.4 Å². The zero-order valence-corrected chi connectivity index (χ0v) is 14.6. The molecular formula is C16H22ClF4N3O. The van der Waals surface area contributed by atoms with Gasteiger partial charge in [0.2, 0.25) is 5.91 Å². The minimum Gasteiger partial charge on any atom is -0.351 e. The summed E-state index contributed by atoms with van der Waals surface area (Å²) in [6.45, 7) is 3.79. The Morgan fingerprint density at radius 2 is 2.08 bits per heavy atom. The molecule has 1 amide bonds. The molecule has 1 unspecified atom stereocenters. The fourth-order valence-corrected chi connectivity index (χ4v) is 2.85. The van der Waals surface area contributed by atoms with Crippen LogP contribution < -0.4 is 11.1 Å². The van der Waals surface area contributed by atoms with Crippen LogP contribution in [0.3, 0.4) is 0 Å². The summed E-state index contributed by atoms with van der Waals surface area (Å²) in [5, 5.41) is 2.47. The minimum absolute atomic E-state index is 0. The van der Waals surface area contributed by atoms with E-state index in [-0.39, 0.29) is 42.4 Å². The quantitative estimate of drug-likeness (QED) is 0.768. The summed E-state index contributed by atoms with van der Waals surface area (Å²) < 4.78 is 51.8. The third kappa shape index (κ3) is 5.83. The number of hydrogen-bond donors (Lipinski definition) is 2. The predicted octanol–water partition coefficient (Wildman–Crippen LogP) is 2.55. The van der Waals surface area contributed by atoms with E-state index in [1.54, 1.807) is 0 Å². The van der Waals surface area contributed by atoms with Gasteiger partial charge in [-0.05, 0) is 42.6 Å². The monoisotopic (exact) mass is 383 g/mol. The molecule has 0 saturated carbocycles. The molecule has 1 heterocycles. The van der Waals surface area contributed by atoms with Gasteiger partial charge in [0.05, 0.1) is 12.1 Å². The van der Waals surface area contributed by atoms with E-state index in [0.717, 1.165) is 25.1 Å². The molecule has 1 aliphatic rings. The number of amides is 1. The van der Waals surface area contributed by atoms with Crippen molar-refractivity contribution in [2.45, 2.75) is 26.1 Å². The van der Waals surface area contributed by atoms with Crippen molar-refractivity contribution in [1.29, 1.82) is 0 Å². The maximum atomic E-state index is 13.0. The standard InChI is InChI=1S/C16H21F4N3O.ClH/c1-15(9-21)4-5-23(10-15)8-14(24)22-7-11-2-3-12(17)6-13(11)16(18,19)20;/h2-3,6H,4-5,7-10,21H2,1H3,(H,22,24);1H. The van der Waals surface area contributed by atoms with Crippen LogP contribution in [0.2, 0.25) is 0 Å². The van der Waals surface area contributed by atoms with Crippen LogP contribution in [0.4, 0.5) is 17.6 Å².